The van der Waals surface area contributed by atoms with Crippen molar-refractivity contribution < 1.29 is 9.53 Å². The summed E-state index contributed by atoms with van der Waals surface area (Å²) in [5.41, 5.74) is 3.84. The van der Waals surface area contributed by atoms with Crippen molar-refractivity contribution >= 4 is 23.4 Å². The van der Waals surface area contributed by atoms with Crippen molar-refractivity contribution in [3.63, 3.8) is 0 Å². The van der Waals surface area contributed by atoms with Gasteiger partial charge in [-0.15, -0.1) is 10.2 Å². The Labute approximate surface area is 232 Å². The van der Waals surface area contributed by atoms with Crippen molar-refractivity contribution in [1.29, 1.82) is 0 Å². The van der Waals surface area contributed by atoms with Gasteiger partial charge in [-0.1, -0.05) is 103 Å². The lowest BCUT2D eigenvalue weighted by atomic mass is 9.99. The van der Waals surface area contributed by atoms with Crippen molar-refractivity contribution in [1.82, 2.24) is 20.1 Å². The Morgan fingerprint density at radius 2 is 1.41 bits per heavy atom. The first-order chi connectivity index (χ1) is 19.2. The molecule has 0 radical (unpaired) electrons. The molecule has 0 atom stereocenters. The van der Waals surface area contributed by atoms with E-state index in [0.29, 0.717) is 11.7 Å². The van der Waals surface area contributed by atoms with Gasteiger partial charge in [0.1, 0.15) is 5.75 Å². The van der Waals surface area contributed by atoms with Gasteiger partial charge in [0.2, 0.25) is 5.91 Å². The molecule has 0 unspecified atom stereocenters. The number of aromatic nitrogens is 3. The Morgan fingerprint density at radius 3 is 2.05 bits per heavy atom. The quantitative estimate of drug-likeness (QED) is 0.206. The number of ether oxygens (including phenoxy) is 1. The van der Waals surface area contributed by atoms with Crippen molar-refractivity contribution in [3.05, 3.63) is 132 Å². The summed E-state index contributed by atoms with van der Waals surface area (Å²) in [6.07, 6.45) is 0. The molecule has 1 amide bonds. The van der Waals surface area contributed by atoms with Crippen LogP contribution < -0.4 is 15.4 Å². The number of rotatable bonds is 11. The molecule has 0 aliphatic rings. The van der Waals surface area contributed by atoms with Crippen LogP contribution in [-0.4, -0.2) is 33.5 Å². The number of hydrogen-bond donors (Lipinski definition) is 2. The van der Waals surface area contributed by atoms with Gasteiger partial charge in [-0.2, -0.15) is 0 Å². The molecule has 4 aromatic carbocycles. The summed E-state index contributed by atoms with van der Waals surface area (Å²) in [6.45, 7) is 0.430. The number of benzene rings is 4. The molecular formula is C31H29N5O2S. The van der Waals surface area contributed by atoms with Crippen LogP contribution in [0.25, 0.3) is 5.69 Å². The predicted octanol–water partition coefficient (Wildman–Crippen LogP) is 5.89. The van der Waals surface area contributed by atoms with E-state index in [2.05, 4.69) is 20.8 Å². The third-order valence-electron chi connectivity index (χ3n) is 6.16. The molecule has 1 aromatic heterocycles. The first kappa shape index (κ1) is 26.1. The van der Waals surface area contributed by atoms with Gasteiger partial charge in [0.15, 0.2) is 11.0 Å². The van der Waals surface area contributed by atoms with Gasteiger partial charge in [0.25, 0.3) is 0 Å². The van der Waals surface area contributed by atoms with Crippen LogP contribution in [-0.2, 0) is 11.3 Å². The fourth-order valence-corrected chi connectivity index (χ4v) is 5.07. The zero-order valence-corrected chi connectivity index (χ0v) is 22.3. The zero-order chi connectivity index (χ0) is 26.9. The summed E-state index contributed by atoms with van der Waals surface area (Å²) in [5.74, 6) is 1.58. The summed E-state index contributed by atoms with van der Waals surface area (Å²) in [6, 6.07) is 37.4. The lowest BCUT2D eigenvalue weighted by Gasteiger charge is -2.20. The van der Waals surface area contributed by atoms with Gasteiger partial charge in [-0.3, -0.25) is 9.36 Å². The van der Waals surface area contributed by atoms with Gasteiger partial charge in [-0.05, 0) is 35.4 Å². The Hall–Kier alpha value is -4.56. The minimum Gasteiger partial charge on any atom is -0.495 e. The van der Waals surface area contributed by atoms with Crippen LogP contribution >= 0.6 is 11.8 Å². The van der Waals surface area contributed by atoms with Crippen LogP contribution in [0.2, 0.25) is 0 Å². The fourth-order valence-electron chi connectivity index (χ4n) is 4.29. The number of nitrogens with one attached hydrogen (secondary N) is 2. The van der Waals surface area contributed by atoms with E-state index in [0.717, 1.165) is 34.1 Å². The van der Waals surface area contributed by atoms with E-state index in [1.165, 1.54) is 11.8 Å². The van der Waals surface area contributed by atoms with Crippen LogP contribution in [0.4, 0.5) is 5.69 Å². The molecule has 7 nitrogen and oxygen atoms in total. The SMILES string of the molecule is COc1ccccc1NCc1nnc(SCC(=O)NC(c2ccccc2)c2ccccc2)n1-c1ccccc1. The second-order valence-corrected chi connectivity index (χ2v) is 9.68. The number of carbonyl (C=O) groups excluding carboxylic acids is 1. The smallest absolute Gasteiger partial charge is 0.231 e. The Balaban J connectivity index is 1.33. The van der Waals surface area contributed by atoms with E-state index in [9.17, 15) is 4.79 Å². The topological polar surface area (TPSA) is 81.1 Å². The Kier molecular flexibility index (Phi) is 8.55. The molecule has 1 heterocycles. The van der Waals surface area contributed by atoms with E-state index >= 15 is 0 Å². The molecule has 0 saturated heterocycles. The standard InChI is InChI=1S/C31H29N5O2S/c1-38-27-20-12-11-19-26(27)32-21-28-34-35-31(36(28)25-17-9-4-10-18-25)39-22-29(37)33-30(23-13-5-2-6-14-23)24-15-7-3-8-16-24/h2-20,30,32H,21-22H2,1H3,(H,33,37). The van der Waals surface area contributed by atoms with Crippen molar-refractivity contribution in [2.75, 3.05) is 18.2 Å². The van der Waals surface area contributed by atoms with Crippen LogP contribution in [0.5, 0.6) is 5.75 Å². The number of para-hydroxylation sites is 3. The third-order valence-corrected chi connectivity index (χ3v) is 7.09. The number of hydrogen-bond acceptors (Lipinski definition) is 6. The van der Waals surface area contributed by atoms with Gasteiger partial charge in [0, 0.05) is 5.69 Å². The second kappa shape index (κ2) is 12.8. The summed E-state index contributed by atoms with van der Waals surface area (Å²) in [5, 5.41) is 16.1. The second-order valence-electron chi connectivity index (χ2n) is 8.73. The lowest BCUT2D eigenvalue weighted by molar-refractivity contribution is -0.119. The van der Waals surface area contributed by atoms with Gasteiger partial charge in [-0.25, -0.2) is 0 Å². The molecule has 0 spiro atoms. The normalized spacial score (nSPS) is 10.8. The largest absolute Gasteiger partial charge is 0.495 e. The van der Waals surface area contributed by atoms with Gasteiger partial charge in [0.05, 0.1) is 31.1 Å². The highest BCUT2D eigenvalue weighted by Gasteiger charge is 2.19. The summed E-state index contributed by atoms with van der Waals surface area (Å²) < 4.78 is 7.44. The molecule has 5 rings (SSSR count). The average Bonchev–Trinajstić information content (AvgIpc) is 3.42. The van der Waals surface area contributed by atoms with Crippen LogP contribution in [0.3, 0.4) is 0 Å². The Morgan fingerprint density at radius 1 is 0.821 bits per heavy atom. The minimum atomic E-state index is -0.242. The van der Waals surface area contributed by atoms with E-state index in [4.69, 9.17) is 4.74 Å². The van der Waals surface area contributed by atoms with Gasteiger partial charge < -0.3 is 15.4 Å². The van der Waals surface area contributed by atoms with Crippen molar-refractivity contribution in [2.45, 2.75) is 17.7 Å². The first-order valence-corrected chi connectivity index (χ1v) is 13.6. The van der Waals surface area contributed by atoms with Crippen molar-refractivity contribution in [3.8, 4) is 11.4 Å². The van der Waals surface area contributed by atoms with Crippen LogP contribution in [0.15, 0.2) is 120 Å². The molecule has 0 bridgehead atoms. The van der Waals surface area contributed by atoms with E-state index < -0.39 is 0 Å². The van der Waals surface area contributed by atoms with Crippen LogP contribution in [0, 0.1) is 0 Å². The molecule has 0 fully saturated rings. The summed E-state index contributed by atoms with van der Waals surface area (Å²) >= 11 is 1.36. The number of nitrogens with zero attached hydrogens (tertiary/aromatic N) is 3. The molecule has 2 N–H and O–H groups in total. The molecule has 0 aliphatic heterocycles. The molecule has 0 saturated carbocycles. The molecule has 196 valence electrons. The van der Waals surface area contributed by atoms with E-state index in [-0.39, 0.29) is 17.7 Å². The maximum Gasteiger partial charge on any atom is 0.231 e. The Bertz CT molecular complexity index is 1450. The highest BCUT2D eigenvalue weighted by Crippen LogP contribution is 2.27. The first-order valence-electron chi connectivity index (χ1n) is 12.6. The number of anilines is 1. The molecular weight excluding hydrogens is 506 g/mol. The average molecular weight is 536 g/mol. The maximum absolute atomic E-state index is 13.2. The van der Waals surface area contributed by atoms with E-state index in [1.807, 2.05) is 120 Å². The molecule has 39 heavy (non-hydrogen) atoms. The third kappa shape index (κ3) is 6.48. The fraction of sp³-hybridized carbons (Fsp3) is 0.129. The molecule has 0 aliphatic carbocycles. The molecule has 8 heteroatoms. The number of amides is 1. The lowest BCUT2D eigenvalue weighted by Crippen LogP contribution is -2.30. The number of methoxy groups -OCH3 is 1. The van der Waals surface area contributed by atoms with Gasteiger partial charge >= 0.3 is 0 Å². The monoisotopic (exact) mass is 535 g/mol. The zero-order valence-electron chi connectivity index (χ0n) is 21.5. The number of carbonyl (C=O) groups is 1. The summed E-state index contributed by atoms with van der Waals surface area (Å²) in [7, 11) is 1.65. The highest BCUT2D eigenvalue weighted by molar-refractivity contribution is 7.99. The molecule has 5 aromatic rings. The van der Waals surface area contributed by atoms with E-state index in [1.54, 1.807) is 7.11 Å². The number of thioether (sulfide) groups is 1. The maximum atomic E-state index is 13.2. The minimum absolute atomic E-state index is 0.0889. The van der Waals surface area contributed by atoms with Crippen LogP contribution in [0.1, 0.15) is 23.0 Å². The summed E-state index contributed by atoms with van der Waals surface area (Å²) in [4.78, 5) is 13.2. The van der Waals surface area contributed by atoms with Crippen molar-refractivity contribution in [2.24, 2.45) is 0 Å². The predicted molar refractivity (Wildman–Crippen MR) is 155 cm³/mol. The highest BCUT2D eigenvalue weighted by atomic mass is 32.2.